The molecule has 0 atom stereocenters. The van der Waals surface area contributed by atoms with E-state index in [0.717, 1.165) is 35.5 Å². The standard InChI is InChI=1S/C14H17BrFN/c15-14-10-12(16)6-5-11(14)4-2-1-3-9-17-13-7-8-13/h1-2,5-6,10,13,17H,3-4,7-9H2. The van der Waals surface area contributed by atoms with Gasteiger partial charge < -0.3 is 5.32 Å². The molecule has 0 aliphatic heterocycles. The Balaban J connectivity index is 1.70. The largest absolute Gasteiger partial charge is 0.314 e. The van der Waals surface area contributed by atoms with E-state index >= 15 is 0 Å². The number of hydrogen-bond donors (Lipinski definition) is 1. The molecule has 0 amide bonds. The highest BCUT2D eigenvalue weighted by Gasteiger charge is 2.19. The Bertz CT molecular complexity index is 399. The van der Waals surface area contributed by atoms with Gasteiger partial charge in [0.15, 0.2) is 0 Å². The van der Waals surface area contributed by atoms with Crippen LogP contribution in [0.5, 0.6) is 0 Å². The summed E-state index contributed by atoms with van der Waals surface area (Å²) in [6.07, 6.45) is 8.93. The second kappa shape index (κ2) is 6.31. The van der Waals surface area contributed by atoms with E-state index in [0.29, 0.717) is 0 Å². The van der Waals surface area contributed by atoms with E-state index < -0.39 is 0 Å². The van der Waals surface area contributed by atoms with Crippen molar-refractivity contribution < 1.29 is 4.39 Å². The maximum absolute atomic E-state index is 12.9. The highest BCUT2D eigenvalue weighted by atomic mass is 79.9. The third kappa shape index (κ3) is 4.60. The quantitative estimate of drug-likeness (QED) is 0.622. The lowest BCUT2D eigenvalue weighted by Gasteiger charge is -2.01. The molecule has 0 saturated heterocycles. The zero-order valence-corrected chi connectivity index (χ0v) is 11.3. The van der Waals surface area contributed by atoms with Crippen molar-refractivity contribution in [1.82, 2.24) is 5.32 Å². The third-order valence-electron chi connectivity index (χ3n) is 2.84. The molecule has 1 aromatic carbocycles. The summed E-state index contributed by atoms with van der Waals surface area (Å²) in [5, 5.41) is 3.46. The van der Waals surface area contributed by atoms with Crippen molar-refractivity contribution in [1.29, 1.82) is 0 Å². The molecule has 3 heteroatoms. The minimum Gasteiger partial charge on any atom is -0.314 e. The summed E-state index contributed by atoms with van der Waals surface area (Å²) >= 11 is 3.37. The fraction of sp³-hybridized carbons (Fsp3) is 0.429. The summed E-state index contributed by atoms with van der Waals surface area (Å²) in [6.45, 7) is 1.06. The Morgan fingerprint density at radius 1 is 1.35 bits per heavy atom. The van der Waals surface area contributed by atoms with Gasteiger partial charge in [-0.2, -0.15) is 0 Å². The molecule has 92 valence electrons. The summed E-state index contributed by atoms with van der Waals surface area (Å²) in [7, 11) is 0. The molecule has 1 aliphatic rings. The first-order chi connectivity index (χ1) is 8.25. The van der Waals surface area contributed by atoms with Crippen LogP contribution in [0.15, 0.2) is 34.8 Å². The summed E-state index contributed by atoms with van der Waals surface area (Å²) in [5.74, 6) is -0.196. The van der Waals surface area contributed by atoms with Crippen molar-refractivity contribution in [3.63, 3.8) is 0 Å². The molecule has 0 spiro atoms. The van der Waals surface area contributed by atoms with E-state index in [1.54, 1.807) is 0 Å². The number of rotatable bonds is 6. The van der Waals surface area contributed by atoms with E-state index in [-0.39, 0.29) is 5.82 Å². The first-order valence-corrected chi connectivity index (χ1v) is 6.87. The molecule has 0 bridgehead atoms. The monoisotopic (exact) mass is 297 g/mol. The van der Waals surface area contributed by atoms with Crippen molar-refractivity contribution in [2.45, 2.75) is 31.7 Å². The van der Waals surface area contributed by atoms with Crippen LogP contribution in [0.3, 0.4) is 0 Å². The summed E-state index contributed by atoms with van der Waals surface area (Å²) in [5.41, 5.74) is 1.12. The van der Waals surface area contributed by atoms with E-state index in [1.165, 1.54) is 25.0 Å². The van der Waals surface area contributed by atoms with Gasteiger partial charge in [0.2, 0.25) is 0 Å². The van der Waals surface area contributed by atoms with Crippen LogP contribution < -0.4 is 5.32 Å². The minimum absolute atomic E-state index is 0.196. The van der Waals surface area contributed by atoms with Crippen molar-refractivity contribution in [2.24, 2.45) is 0 Å². The van der Waals surface area contributed by atoms with E-state index in [1.807, 2.05) is 6.07 Å². The Morgan fingerprint density at radius 2 is 2.18 bits per heavy atom. The van der Waals surface area contributed by atoms with Crippen LogP contribution in [0.2, 0.25) is 0 Å². The average Bonchev–Trinajstić information content (AvgIpc) is 3.09. The maximum Gasteiger partial charge on any atom is 0.124 e. The second-order valence-corrected chi connectivity index (χ2v) is 5.28. The van der Waals surface area contributed by atoms with Gasteiger partial charge in [-0.15, -0.1) is 0 Å². The number of nitrogens with one attached hydrogen (secondary N) is 1. The van der Waals surface area contributed by atoms with Gasteiger partial charge in [0, 0.05) is 10.5 Å². The summed E-state index contributed by atoms with van der Waals surface area (Å²) in [6, 6.07) is 5.63. The lowest BCUT2D eigenvalue weighted by atomic mass is 10.1. The van der Waals surface area contributed by atoms with Crippen LogP contribution in [0.4, 0.5) is 4.39 Å². The van der Waals surface area contributed by atoms with Crippen LogP contribution in [0.25, 0.3) is 0 Å². The van der Waals surface area contributed by atoms with Crippen molar-refractivity contribution >= 4 is 15.9 Å². The van der Waals surface area contributed by atoms with E-state index in [4.69, 9.17) is 0 Å². The van der Waals surface area contributed by atoms with Crippen molar-refractivity contribution in [3.05, 3.63) is 46.2 Å². The number of allylic oxidation sites excluding steroid dienone is 1. The predicted octanol–water partition coefficient (Wildman–Crippen LogP) is 3.83. The fourth-order valence-corrected chi connectivity index (χ4v) is 2.19. The van der Waals surface area contributed by atoms with Gasteiger partial charge in [-0.3, -0.25) is 0 Å². The molecule has 1 N–H and O–H groups in total. The fourth-order valence-electron chi connectivity index (χ4n) is 1.67. The van der Waals surface area contributed by atoms with Crippen LogP contribution in [0, 0.1) is 5.82 Å². The highest BCUT2D eigenvalue weighted by Crippen LogP contribution is 2.19. The molecule has 1 saturated carbocycles. The van der Waals surface area contributed by atoms with E-state index in [9.17, 15) is 4.39 Å². The number of benzene rings is 1. The first kappa shape index (κ1) is 12.8. The van der Waals surface area contributed by atoms with Gasteiger partial charge in [-0.25, -0.2) is 4.39 Å². The average molecular weight is 298 g/mol. The predicted molar refractivity (Wildman–Crippen MR) is 72.6 cm³/mol. The molecule has 2 rings (SSSR count). The molecule has 0 unspecified atom stereocenters. The second-order valence-electron chi connectivity index (χ2n) is 4.43. The Hall–Kier alpha value is -0.670. The molecule has 17 heavy (non-hydrogen) atoms. The molecule has 1 nitrogen and oxygen atoms in total. The zero-order chi connectivity index (χ0) is 12.1. The summed E-state index contributed by atoms with van der Waals surface area (Å²) in [4.78, 5) is 0. The lowest BCUT2D eigenvalue weighted by molar-refractivity contribution is 0.626. The van der Waals surface area contributed by atoms with Crippen molar-refractivity contribution in [2.75, 3.05) is 6.54 Å². The molecule has 0 aromatic heterocycles. The first-order valence-electron chi connectivity index (χ1n) is 6.08. The third-order valence-corrected chi connectivity index (χ3v) is 3.58. The molecule has 0 heterocycles. The molecule has 1 fully saturated rings. The van der Waals surface area contributed by atoms with Gasteiger partial charge in [-0.05, 0) is 49.9 Å². The van der Waals surface area contributed by atoms with Gasteiger partial charge >= 0.3 is 0 Å². The Labute approximate surface area is 110 Å². The Morgan fingerprint density at radius 3 is 2.88 bits per heavy atom. The van der Waals surface area contributed by atoms with Crippen LogP contribution in [-0.2, 0) is 6.42 Å². The molecular formula is C14H17BrFN. The zero-order valence-electron chi connectivity index (χ0n) is 9.76. The van der Waals surface area contributed by atoms with E-state index in [2.05, 4.69) is 33.4 Å². The van der Waals surface area contributed by atoms with Gasteiger partial charge in [0.05, 0.1) is 0 Å². The molecule has 0 radical (unpaired) electrons. The number of halogens is 2. The number of hydrogen-bond acceptors (Lipinski definition) is 1. The summed E-state index contributed by atoms with van der Waals surface area (Å²) < 4.78 is 13.7. The van der Waals surface area contributed by atoms with Gasteiger partial charge in [0.1, 0.15) is 5.82 Å². The van der Waals surface area contributed by atoms with Crippen LogP contribution in [0.1, 0.15) is 24.8 Å². The molecule has 1 aromatic rings. The normalized spacial score (nSPS) is 15.6. The smallest absolute Gasteiger partial charge is 0.124 e. The molecule has 1 aliphatic carbocycles. The highest BCUT2D eigenvalue weighted by molar-refractivity contribution is 9.10. The van der Waals surface area contributed by atoms with Crippen LogP contribution in [-0.4, -0.2) is 12.6 Å². The molecular weight excluding hydrogens is 281 g/mol. The van der Waals surface area contributed by atoms with Gasteiger partial charge in [-0.1, -0.05) is 34.1 Å². The SMILES string of the molecule is Fc1ccc(CC=CCCNC2CC2)c(Br)c1. The minimum atomic E-state index is -0.196. The van der Waals surface area contributed by atoms with Gasteiger partial charge in [0.25, 0.3) is 0 Å². The van der Waals surface area contributed by atoms with Crippen molar-refractivity contribution in [3.8, 4) is 0 Å². The Kier molecular flexibility index (Phi) is 4.75. The maximum atomic E-state index is 12.9. The topological polar surface area (TPSA) is 12.0 Å². The lowest BCUT2D eigenvalue weighted by Crippen LogP contribution is -2.16. The van der Waals surface area contributed by atoms with Crippen LogP contribution >= 0.6 is 15.9 Å².